The fourth-order valence-electron chi connectivity index (χ4n) is 1.99. The van der Waals surface area contributed by atoms with Crippen LogP contribution in [0.15, 0.2) is 36.4 Å². The van der Waals surface area contributed by atoms with Crippen LogP contribution < -0.4 is 5.73 Å². The molecule has 0 heterocycles. The van der Waals surface area contributed by atoms with Crippen molar-refractivity contribution in [2.45, 2.75) is 19.4 Å². The molecule has 0 aliphatic heterocycles. The monoisotopic (exact) mass is 265 g/mol. The molecule has 19 heavy (non-hydrogen) atoms. The molecule has 1 atom stereocenters. The Bertz CT molecular complexity index is 596. The van der Waals surface area contributed by atoms with Crippen LogP contribution in [0.2, 0.25) is 0 Å². The number of nitrogens with two attached hydrogens (primary N) is 1. The van der Waals surface area contributed by atoms with Gasteiger partial charge in [0.2, 0.25) is 0 Å². The minimum atomic E-state index is -0.712. The standard InChI is InChI=1S/C15H14F3N/c1-9-2-4-14(18)12(6-9)15(19)8-10-7-11(16)3-5-13(10)17/h2-7,15H,8,19H2,1H3. The minimum Gasteiger partial charge on any atom is -0.324 e. The quantitative estimate of drug-likeness (QED) is 0.900. The Morgan fingerprint density at radius 2 is 1.68 bits per heavy atom. The Morgan fingerprint density at radius 3 is 2.42 bits per heavy atom. The molecule has 0 aromatic heterocycles. The third kappa shape index (κ3) is 3.15. The van der Waals surface area contributed by atoms with Gasteiger partial charge in [-0.2, -0.15) is 0 Å². The van der Waals surface area contributed by atoms with Gasteiger partial charge in [-0.15, -0.1) is 0 Å². The molecule has 2 aromatic rings. The van der Waals surface area contributed by atoms with Gasteiger partial charge in [-0.05, 0) is 43.2 Å². The molecule has 0 radical (unpaired) electrons. The third-order valence-electron chi connectivity index (χ3n) is 3.00. The van der Waals surface area contributed by atoms with Gasteiger partial charge in [0, 0.05) is 11.6 Å². The predicted molar refractivity (Wildman–Crippen MR) is 68.1 cm³/mol. The van der Waals surface area contributed by atoms with Crippen molar-refractivity contribution in [2.24, 2.45) is 5.73 Å². The molecule has 0 saturated heterocycles. The maximum Gasteiger partial charge on any atom is 0.128 e. The van der Waals surface area contributed by atoms with Crippen LogP contribution in [-0.2, 0) is 6.42 Å². The second-order valence-electron chi connectivity index (χ2n) is 4.57. The van der Waals surface area contributed by atoms with Crippen LogP contribution >= 0.6 is 0 Å². The van der Waals surface area contributed by atoms with Crippen LogP contribution in [0.5, 0.6) is 0 Å². The van der Waals surface area contributed by atoms with E-state index in [4.69, 9.17) is 5.73 Å². The summed E-state index contributed by atoms with van der Waals surface area (Å²) in [5.41, 5.74) is 7.21. The van der Waals surface area contributed by atoms with Crippen LogP contribution in [0.4, 0.5) is 13.2 Å². The van der Waals surface area contributed by atoms with Crippen LogP contribution in [0.1, 0.15) is 22.7 Å². The summed E-state index contributed by atoms with van der Waals surface area (Å²) in [5.74, 6) is -1.51. The van der Waals surface area contributed by atoms with E-state index in [2.05, 4.69) is 0 Å². The van der Waals surface area contributed by atoms with E-state index in [0.29, 0.717) is 5.56 Å². The first-order valence-electron chi connectivity index (χ1n) is 5.93. The molecule has 2 rings (SSSR count). The highest BCUT2D eigenvalue weighted by atomic mass is 19.1. The Kier molecular flexibility index (Phi) is 3.90. The van der Waals surface area contributed by atoms with E-state index in [1.165, 1.54) is 6.07 Å². The van der Waals surface area contributed by atoms with Crippen LogP contribution in [0.3, 0.4) is 0 Å². The second-order valence-corrected chi connectivity index (χ2v) is 4.57. The number of hydrogen-bond acceptors (Lipinski definition) is 1. The molecule has 1 nitrogen and oxygen atoms in total. The molecule has 100 valence electrons. The van der Waals surface area contributed by atoms with E-state index in [1.54, 1.807) is 12.1 Å². The fraction of sp³-hybridized carbons (Fsp3) is 0.200. The molecule has 0 aliphatic rings. The van der Waals surface area contributed by atoms with Crippen molar-refractivity contribution in [3.8, 4) is 0 Å². The summed E-state index contributed by atoms with van der Waals surface area (Å²) in [6.07, 6.45) is 0.0456. The molecular formula is C15H14F3N. The van der Waals surface area contributed by atoms with Crippen molar-refractivity contribution in [2.75, 3.05) is 0 Å². The van der Waals surface area contributed by atoms with Crippen molar-refractivity contribution in [3.05, 3.63) is 70.5 Å². The summed E-state index contributed by atoms with van der Waals surface area (Å²) in [4.78, 5) is 0. The van der Waals surface area contributed by atoms with E-state index in [1.807, 2.05) is 6.92 Å². The maximum absolute atomic E-state index is 13.7. The number of benzene rings is 2. The summed E-state index contributed by atoms with van der Waals surface area (Å²) in [7, 11) is 0. The summed E-state index contributed by atoms with van der Waals surface area (Å²) in [6.45, 7) is 1.82. The van der Waals surface area contributed by atoms with Crippen LogP contribution in [-0.4, -0.2) is 0 Å². The highest BCUT2D eigenvalue weighted by Crippen LogP contribution is 2.22. The van der Waals surface area contributed by atoms with Crippen molar-refractivity contribution < 1.29 is 13.2 Å². The molecular weight excluding hydrogens is 251 g/mol. The van der Waals surface area contributed by atoms with Gasteiger partial charge in [0.05, 0.1) is 0 Å². The zero-order valence-electron chi connectivity index (χ0n) is 10.5. The normalized spacial score (nSPS) is 12.5. The Hall–Kier alpha value is -1.81. The number of aryl methyl sites for hydroxylation is 1. The molecule has 0 amide bonds. The van der Waals surface area contributed by atoms with Crippen LogP contribution in [0.25, 0.3) is 0 Å². The van der Waals surface area contributed by atoms with Gasteiger partial charge in [0.25, 0.3) is 0 Å². The number of halogens is 3. The molecule has 0 saturated carbocycles. The van der Waals surface area contributed by atoms with Gasteiger partial charge in [0.1, 0.15) is 17.5 Å². The molecule has 1 unspecified atom stereocenters. The van der Waals surface area contributed by atoms with E-state index in [0.717, 1.165) is 23.8 Å². The van der Waals surface area contributed by atoms with E-state index >= 15 is 0 Å². The summed E-state index contributed by atoms with van der Waals surface area (Å²) in [5, 5.41) is 0. The molecule has 0 bridgehead atoms. The topological polar surface area (TPSA) is 26.0 Å². The lowest BCUT2D eigenvalue weighted by molar-refractivity contribution is 0.554. The van der Waals surface area contributed by atoms with E-state index < -0.39 is 23.5 Å². The molecule has 0 spiro atoms. The highest BCUT2D eigenvalue weighted by Gasteiger charge is 2.15. The Balaban J connectivity index is 2.27. The minimum absolute atomic E-state index is 0.0456. The van der Waals surface area contributed by atoms with Gasteiger partial charge >= 0.3 is 0 Å². The number of hydrogen-bond donors (Lipinski definition) is 1. The van der Waals surface area contributed by atoms with E-state index in [9.17, 15) is 13.2 Å². The zero-order valence-corrected chi connectivity index (χ0v) is 10.5. The van der Waals surface area contributed by atoms with Crippen molar-refractivity contribution >= 4 is 0 Å². The van der Waals surface area contributed by atoms with Crippen molar-refractivity contribution in [1.29, 1.82) is 0 Å². The van der Waals surface area contributed by atoms with Gasteiger partial charge < -0.3 is 5.73 Å². The molecule has 4 heteroatoms. The first-order valence-corrected chi connectivity index (χ1v) is 5.93. The van der Waals surface area contributed by atoms with Gasteiger partial charge in [-0.25, -0.2) is 13.2 Å². The van der Waals surface area contributed by atoms with Crippen molar-refractivity contribution in [3.63, 3.8) is 0 Å². The predicted octanol–water partition coefficient (Wildman–Crippen LogP) is 3.65. The number of rotatable bonds is 3. The summed E-state index contributed by atoms with van der Waals surface area (Å²) >= 11 is 0. The first kappa shape index (κ1) is 13.6. The smallest absolute Gasteiger partial charge is 0.128 e. The molecule has 2 aromatic carbocycles. The Labute approximate surface area is 109 Å². The highest BCUT2D eigenvalue weighted by molar-refractivity contribution is 5.29. The lowest BCUT2D eigenvalue weighted by Gasteiger charge is -2.14. The fourth-order valence-corrected chi connectivity index (χ4v) is 1.99. The lowest BCUT2D eigenvalue weighted by atomic mass is 9.97. The second kappa shape index (κ2) is 5.45. The maximum atomic E-state index is 13.7. The summed E-state index contributed by atoms with van der Waals surface area (Å²) in [6, 6.07) is 7.04. The van der Waals surface area contributed by atoms with Gasteiger partial charge in [-0.3, -0.25) is 0 Å². The molecule has 2 N–H and O–H groups in total. The van der Waals surface area contributed by atoms with E-state index in [-0.39, 0.29) is 12.0 Å². The van der Waals surface area contributed by atoms with Gasteiger partial charge in [0.15, 0.2) is 0 Å². The summed E-state index contributed by atoms with van der Waals surface area (Å²) < 4.78 is 40.2. The Morgan fingerprint density at radius 1 is 1.00 bits per heavy atom. The molecule has 0 fully saturated rings. The lowest BCUT2D eigenvalue weighted by Crippen LogP contribution is -2.16. The zero-order chi connectivity index (χ0) is 14.0. The third-order valence-corrected chi connectivity index (χ3v) is 3.00. The largest absolute Gasteiger partial charge is 0.324 e. The average Bonchev–Trinajstić information content (AvgIpc) is 2.36. The average molecular weight is 265 g/mol. The van der Waals surface area contributed by atoms with Gasteiger partial charge in [-0.1, -0.05) is 17.7 Å². The van der Waals surface area contributed by atoms with Crippen LogP contribution in [0, 0.1) is 24.4 Å². The molecule has 0 aliphatic carbocycles. The SMILES string of the molecule is Cc1ccc(F)c(C(N)Cc2cc(F)ccc2F)c1. The van der Waals surface area contributed by atoms with Crippen molar-refractivity contribution in [1.82, 2.24) is 0 Å². The first-order chi connectivity index (χ1) is 8.97.